The van der Waals surface area contributed by atoms with Crippen molar-refractivity contribution in [2.24, 2.45) is 0 Å². The molecule has 0 bridgehead atoms. The summed E-state index contributed by atoms with van der Waals surface area (Å²) in [5, 5.41) is 2.87. The predicted molar refractivity (Wildman–Crippen MR) is 79.7 cm³/mol. The van der Waals surface area contributed by atoms with E-state index in [1.165, 1.54) is 0 Å². The highest BCUT2D eigenvalue weighted by Crippen LogP contribution is 2.16. The Morgan fingerprint density at radius 1 is 1.43 bits per heavy atom. The number of ether oxygens (including phenoxy) is 3. The molecule has 1 N–H and O–H groups in total. The van der Waals surface area contributed by atoms with Crippen molar-refractivity contribution in [3.05, 3.63) is 29.8 Å². The van der Waals surface area contributed by atoms with Gasteiger partial charge in [0, 0.05) is 25.3 Å². The summed E-state index contributed by atoms with van der Waals surface area (Å²) in [5.74, 6) is 0.650. The largest absolute Gasteiger partial charge is 0.491 e. The SMILES string of the molecule is COC[C@H](C)NC(=O)c1ccc(OC[C@H]2CCCO2)cc1. The molecular weight excluding hydrogens is 270 g/mol. The van der Waals surface area contributed by atoms with E-state index in [2.05, 4.69) is 5.32 Å². The van der Waals surface area contributed by atoms with Crippen LogP contribution in [0, 0.1) is 0 Å². The van der Waals surface area contributed by atoms with E-state index in [4.69, 9.17) is 14.2 Å². The Kier molecular flexibility index (Phi) is 6.02. The monoisotopic (exact) mass is 293 g/mol. The van der Waals surface area contributed by atoms with Crippen LogP contribution in [0.3, 0.4) is 0 Å². The van der Waals surface area contributed by atoms with E-state index in [0.717, 1.165) is 25.2 Å². The van der Waals surface area contributed by atoms with E-state index < -0.39 is 0 Å². The van der Waals surface area contributed by atoms with Gasteiger partial charge in [0.1, 0.15) is 12.4 Å². The molecule has 5 nitrogen and oxygen atoms in total. The molecule has 21 heavy (non-hydrogen) atoms. The van der Waals surface area contributed by atoms with Crippen LogP contribution in [0.1, 0.15) is 30.1 Å². The normalized spacial score (nSPS) is 19.2. The molecule has 1 aromatic carbocycles. The minimum atomic E-state index is -0.106. The molecule has 1 fully saturated rings. The molecule has 1 saturated heterocycles. The first-order valence-electron chi connectivity index (χ1n) is 7.33. The van der Waals surface area contributed by atoms with Gasteiger partial charge in [-0.05, 0) is 44.0 Å². The third kappa shape index (κ3) is 5.02. The molecule has 1 aliphatic rings. The van der Waals surface area contributed by atoms with Crippen molar-refractivity contribution in [3.63, 3.8) is 0 Å². The van der Waals surface area contributed by atoms with Crippen molar-refractivity contribution in [2.45, 2.75) is 31.9 Å². The maximum atomic E-state index is 12.0. The molecule has 0 aromatic heterocycles. The van der Waals surface area contributed by atoms with Crippen molar-refractivity contribution in [2.75, 3.05) is 26.9 Å². The number of hydrogen-bond donors (Lipinski definition) is 1. The van der Waals surface area contributed by atoms with Crippen LogP contribution >= 0.6 is 0 Å². The molecule has 1 amide bonds. The molecule has 2 rings (SSSR count). The fourth-order valence-electron chi connectivity index (χ4n) is 2.27. The third-order valence-electron chi connectivity index (χ3n) is 3.37. The Bertz CT molecular complexity index is 440. The fourth-order valence-corrected chi connectivity index (χ4v) is 2.27. The van der Waals surface area contributed by atoms with Crippen LogP contribution in [0.15, 0.2) is 24.3 Å². The quantitative estimate of drug-likeness (QED) is 0.835. The standard InChI is InChI=1S/C16H23NO4/c1-12(10-19-2)17-16(18)13-5-7-14(8-6-13)21-11-15-4-3-9-20-15/h5-8,12,15H,3-4,9-11H2,1-2H3,(H,17,18)/t12-,15+/m0/s1. The number of carbonyl (C=O) groups excluding carboxylic acids is 1. The summed E-state index contributed by atoms with van der Waals surface area (Å²) in [4.78, 5) is 12.0. The van der Waals surface area contributed by atoms with Gasteiger partial charge >= 0.3 is 0 Å². The van der Waals surface area contributed by atoms with Gasteiger partial charge in [-0.2, -0.15) is 0 Å². The van der Waals surface area contributed by atoms with Crippen LogP contribution in [-0.2, 0) is 9.47 Å². The molecule has 1 aromatic rings. The fraction of sp³-hybridized carbons (Fsp3) is 0.562. The highest BCUT2D eigenvalue weighted by molar-refractivity contribution is 5.94. The Morgan fingerprint density at radius 2 is 2.19 bits per heavy atom. The minimum absolute atomic E-state index is 0.0158. The smallest absolute Gasteiger partial charge is 0.251 e. The van der Waals surface area contributed by atoms with Crippen molar-refractivity contribution >= 4 is 5.91 Å². The molecule has 0 spiro atoms. The first-order chi connectivity index (χ1) is 10.2. The molecule has 5 heteroatoms. The number of carbonyl (C=O) groups is 1. The number of benzene rings is 1. The lowest BCUT2D eigenvalue weighted by Crippen LogP contribution is -2.35. The van der Waals surface area contributed by atoms with Crippen molar-refractivity contribution < 1.29 is 19.0 Å². The zero-order chi connectivity index (χ0) is 15.1. The Hall–Kier alpha value is -1.59. The second-order valence-corrected chi connectivity index (χ2v) is 5.30. The summed E-state index contributed by atoms with van der Waals surface area (Å²) < 4.78 is 16.2. The second-order valence-electron chi connectivity index (χ2n) is 5.30. The zero-order valence-corrected chi connectivity index (χ0v) is 12.6. The van der Waals surface area contributed by atoms with Crippen molar-refractivity contribution in [3.8, 4) is 5.75 Å². The zero-order valence-electron chi connectivity index (χ0n) is 12.6. The van der Waals surface area contributed by atoms with Crippen molar-refractivity contribution in [1.29, 1.82) is 0 Å². The summed E-state index contributed by atoms with van der Waals surface area (Å²) in [6.07, 6.45) is 2.35. The van der Waals surface area contributed by atoms with Gasteiger partial charge in [0.2, 0.25) is 0 Å². The van der Waals surface area contributed by atoms with Crippen LogP contribution in [0.25, 0.3) is 0 Å². The van der Waals surface area contributed by atoms with E-state index in [9.17, 15) is 4.79 Å². The topological polar surface area (TPSA) is 56.8 Å². The lowest BCUT2D eigenvalue weighted by Gasteiger charge is -2.14. The van der Waals surface area contributed by atoms with E-state index in [0.29, 0.717) is 18.8 Å². The lowest BCUT2D eigenvalue weighted by atomic mass is 10.2. The van der Waals surface area contributed by atoms with Gasteiger partial charge in [0.05, 0.1) is 12.7 Å². The number of hydrogen-bond acceptors (Lipinski definition) is 4. The Labute approximate surface area is 125 Å². The molecule has 0 saturated carbocycles. The highest BCUT2D eigenvalue weighted by Gasteiger charge is 2.16. The van der Waals surface area contributed by atoms with E-state index >= 15 is 0 Å². The molecule has 2 atom stereocenters. The second kappa shape index (κ2) is 8.00. The minimum Gasteiger partial charge on any atom is -0.491 e. The van der Waals surface area contributed by atoms with Crippen LogP contribution in [0.2, 0.25) is 0 Å². The molecule has 0 radical (unpaired) electrons. The van der Waals surface area contributed by atoms with Gasteiger partial charge in [-0.25, -0.2) is 0 Å². The van der Waals surface area contributed by atoms with Crippen LogP contribution in [-0.4, -0.2) is 45.0 Å². The Morgan fingerprint density at radius 3 is 2.81 bits per heavy atom. The van der Waals surface area contributed by atoms with Crippen LogP contribution in [0.5, 0.6) is 5.75 Å². The maximum absolute atomic E-state index is 12.0. The number of nitrogens with one attached hydrogen (secondary N) is 1. The van der Waals surface area contributed by atoms with Gasteiger partial charge in [0.25, 0.3) is 5.91 Å². The average Bonchev–Trinajstić information content (AvgIpc) is 2.99. The summed E-state index contributed by atoms with van der Waals surface area (Å²) in [6, 6.07) is 7.13. The van der Waals surface area contributed by atoms with Crippen LogP contribution < -0.4 is 10.1 Å². The Balaban J connectivity index is 1.81. The average molecular weight is 293 g/mol. The van der Waals surface area contributed by atoms with Gasteiger partial charge in [-0.3, -0.25) is 4.79 Å². The number of methoxy groups -OCH3 is 1. The lowest BCUT2D eigenvalue weighted by molar-refractivity contribution is 0.0679. The highest BCUT2D eigenvalue weighted by atomic mass is 16.5. The molecule has 0 aliphatic carbocycles. The molecular formula is C16H23NO4. The van der Waals surface area contributed by atoms with Gasteiger partial charge in [0.15, 0.2) is 0 Å². The molecule has 116 valence electrons. The van der Waals surface area contributed by atoms with Gasteiger partial charge in [-0.15, -0.1) is 0 Å². The summed E-state index contributed by atoms with van der Waals surface area (Å²) in [5.41, 5.74) is 0.613. The predicted octanol–water partition coefficient (Wildman–Crippen LogP) is 2.01. The molecule has 0 unspecified atom stereocenters. The summed E-state index contributed by atoms with van der Waals surface area (Å²) >= 11 is 0. The van der Waals surface area contributed by atoms with E-state index in [1.807, 2.05) is 19.1 Å². The van der Waals surface area contributed by atoms with Gasteiger partial charge < -0.3 is 19.5 Å². The molecule has 1 heterocycles. The first kappa shape index (κ1) is 15.8. The number of amides is 1. The summed E-state index contributed by atoms with van der Waals surface area (Å²) in [7, 11) is 1.61. The van der Waals surface area contributed by atoms with Crippen LogP contribution in [0.4, 0.5) is 0 Å². The molecule has 1 aliphatic heterocycles. The van der Waals surface area contributed by atoms with E-state index in [1.54, 1.807) is 19.2 Å². The summed E-state index contributed by atoms with van der Waals surface area (Å²) in [6.45, 7) is 3.79. The number of rotatable bonds is 7. The van der Waals surface area contributed by atoms with E-state index in [-0.39, 0.29) is 18.1 Å². The first-order valence-corrected chi connectivity index (χ1v) is 7.33. The van der Waals surface area contributed by atoms with Crippen molar-refractivity contribution in [1.82, 2.24) is 5.32 Å². The van der Waals surface area contributed by atoms with Gasteiger partial charge in [-0.1, -0.05) is 0 Å². The maximum Gasteiger partial charge on any atom is 0.251 e. The third-order valence-corrected chi connectivity index (χ3v) is 3.37.